The predicted molar refractivity (Wildman–Crippen MR) is 149 cm³/mol. The maximum atomic E-state index is 13.3. The van der Waals surface area contributed by atoms with Gasteiger partial charge in [0.25, 0.3) is 0 Å². The molecule has 42 heavy (non-hydrogen) atoms. The Hall–Kier alpha value is -4.50. The maximum Gasteiger partial charge on any atom is 0.436 e. The minimum absolute atomic E-state index is 0.0731. The third-order valence-electron chi connectivity index (χ3n) is 3.96. The van der Waals surface area contributed by atoms with Crippen LogP contribution in [-0.4, -0.2) is 78.7 Å². The fourth-order valence-corrected chi connectivity index (χ4v) is 2.75. The van der Waals surface area contributed by atoms with Gasteiger partial charge in [-0.15, -0.1) is 0 Å². The monoisotopic (exact) mass is 597 g/mol. The van der Waals surface area contributed by atoms with Crippen molar-refractivity contribution in [3.63, 3.8) is 0 Å². The number of carbonyl (C=O) groups is 5. The molecule has 0 radical (unpaired) electrons. The summed E-state index contributed by atoms with van der Waals surface area (Å²) in [6, 6.07) is 0. The lowest BCUT2D eigenvalue weighted by Crippen LogP contribution is -2.48. The number of carboxylic acid groups (broad SMARTS) is 1. The number of nitrogens with zero attached hydrogens (tertiary/aromatic N) is 4. The first-order chi connectivity index (χ1) is 18.7. The van der Waals surface area contributed by atoms with E-state index in [4.69, 9.17) is 18.9 Å². The Bertz CT molecular complexity index is 1280. The summed E-state index contributed by atoms with van der Waals surface area (Å²) in [5, 5.41) is 10.0. The van der Waals surface area contributed by atoms with Crippen molar-refractivity contribution < 1.29 is 48.0 Å². The molecule has 1 heterocycles. The van der Waals surface area contributed by atoms with Crippen LogP contribution >= 0.6 is 0 Å². The Morgan fingerprint density at radius 2 is 1.14 bits per heavy atom. The van der Waals surface area contributed by atoms with Crippen molar-refractivity contribution >= 4 is 42.1 Å². The molecule has 0 bridgehead atoms. The SMILES string of the molecule is CC(C)(C)OC(=O)/N=C(/c1c[nH]c(=O)nc1N(C(=O)OC(C)(C)C)C(=O)OC(C)(C)C)N(C(=O)O)C(=O)OC(C)(C)C. The molecule has 1 rings (SSSR count). The Morgan fingerprint density at radius 1 is 0.738 bits per heavy atom. The third kappa shape index (κ3) is 11.5. The molecular weight excluding hydrogens is 558 g/mol. The number of aromatic nitrogens is 2. The van der Waals surface area contributed by atoms with E-state index in [0.717, 1.165) is 6.20 Å². The molecule has 0 saturated heterocycles. The van der Waals surface area contributed by atoms with Crippen LogP contribution in [0.1, 0.15) is 88.6 Å². The lowest BCUT2D eigenvalue weighted by atomic mass is 10.2. The van der Waals surface area contributed by atoms with Crippen molar-refractivity contribution in [1.82, 2.24) is 14.9 Å². The Kier molecular flexibility index (Phi) is 10.6. The summed E-state index contributed by atoms with van der Waals surface area (Å²) >= 11 is 0. The molecule has 0 saturated carbocycles. The van der Waals surface area contributed by atoms with Gasteiger partial charge < -0.3 is 29.0 Å². The van der Waals surface area contributed by atoms with Crippen molar-refractivity contribution in [2.24, 2.45) is 4.99 Å². The Balaban J connectivity index is 4.17. The number of carbonyl (C=O) groups excluding carboxylic acids is 4. The van der Waals surface area contributed by atoms with Gasteiger partial charge in [0.15, 0.2) is 11.7 Å². The predicted octanol–water partition coefficient (Wildman–Crippen LogP) is 5.04. The summed E-state index contributed by atoms with van der Waals surface area (Å²) in [4.78, 5) is 86.9. The van der Waals surface area contributed by atoms with E-state index in [1.807, 2.05) is 0 Å². The molecule has 0 spiro atoms. The first kappa shape index (κ1) is 35.5. The van der Waals surface area contributed by atoms with Crippen molar-refractivity contribution in [1.29, 1.82) is 0 Å². The van der Waals surface area contributed by atoms with Crippen molar-refractivity contribution in [2.45, 2.75) is 105 Å². The molecule has 0 fully saturated rings. The largest absolute Gasteiger partial charge is 0.464 e. The van der Waals surface area contributed by atoms with Gasteiger partial charge in [-0.1, -0.05) is 0 Å². The van der Waals surface area contributed by atoms with Gasteiger partial charge in [0.2, 0.25) is 0 Å². The lowest BCUT2D eigenvalue weighted by molar-refractivity contribution is 0.0375. The molecular formula is C26H39N5O11. The van der Waals surface area contributed by atoms with Gasteiger partial charge in [-0.2, -0.15) is 19.8 Å². The number of aromatic amines is 1. The number of nitrogens with one attached hydrogen (secondary N) is 1. The van der Waals surface area contributed by atoms with E-state index in [2.05, 4.69) is 15.0 Å². The van der Waals surface area contributed by atoms with Crippen LogP contribution in [0.5, 0.6) is 0 Å². The number of amidine groups is 1. The standard InChI is InChI=1S/C26H39N5O11/c1-23(2,3)39-18(33)29-16(30(19(34)35)20(36)40-24(4,5)6)14-13-27-17(32)28-15(14)31(21(37)41-25(7,8)9)22(38)42-26(10,11)12/h13H,1-12H3,(H,34,35)(H,27,28,32)/b29-16-. The number of ether oxygens (including phenoxy) is 4. The van der Waals surface area contributed by atoms with Gasteiger partial charge in [0, 0.05) is 6.20 Å². The van der Waals surface area contributed by atoms with E-state index >= 15 is 0 Å². The number of hydrogen-bond acceptors (Lipinski definition) is 11. The van der Waals surface area contributed by atoms with Crippen molar-refractivity contribution in [2.75, 3.05) is 4.90 Å². The zero-order valence-corrected chi connectivity index (χ0v) is 25.9. The molecule has 0 unspecified atom stereocenters. The molecule has 5 amide bonds. The quantitative estimate of drug-likeness (QED) is 0.261. The summed E-state index contributed by atoms with van der Waals surface area (Å²) < 4.78 is 21.0. The second kappa shape index (κ2) is 12.6. The number of H-pyrrole nitrogens is 1. The maximum absolute atomic E-state index is 13.3. The molecule has 1 aromatic rings. The average Bonchev–Trinajstić information content (AvgIpc) is 2.67. The fourth-order valence-electron chi connectivity index (χ4n) is 2.75. The summed E-state index contributed by atoms with van der Waals surface area (Å²) in [6.07, 6.45) is -6.85. The molecule has 16 heteroatoms. The smallest absolute Gasteiger partial charge is 0.436 e. The fraction of sp³-hybridized carbons (Fsp3) is 0.615. The molecule has 0 atom stereocenters. The molecule has 1 aromatic heterocycles. The Morgan fingerprint density at radius 3 is 1.52 bits per heavy atom. The number of imide groups is 2. The van der Waals surface area contributed by atoms with Crippen molar-refractivity contribution in [3.8, 4) is 0 Å². The first-order valence-electron chi connectivity index (χ1n) is 12.6. The van der Waals surface area contributed by atoms with Crippen molar-refractivity contribution in [3.05, 3.63) is 22.2 Å². The van der Waals surface area contributed by atoms with Crippen LogP contribution in [0, 0.1) is 0 Å². The van der Waals surface area contributed by atoms with Crippen LogP contribution in [0.2, 0.25) is 0 Å². The number of anilines is 1. The molecule has 0 aliphatic rings. The molecule has 2 N–H and O–H groups in total. The topological polar surface area (TPSA) is 207 Å². The molecule has 16 nitrogen and oxygen atoms in total. The van der Waals surface area contributed by atoms with Crippen LogP contribution in [-0.2, 0) is 18.9 Å². The van der Waals surface area contributed by atoms with Crippen LogP contribution in [0.15, 0.2) is 16.0 Å². The van der Waals surface area contributed by atoms with Gasteiger partial charge in [-0.25, -0.2) is 28.8 Å². The van der Waals surface area contributed by atoms with E-state index in [1.165, 1.54) is 83.1 Å². The van der Waals surface area contributed by atoms with Gasteiger partial charge in [-0.3, -0.25) is 0 Å². The second-order valence-corrected chi connectivity index (χ2v) is 12.8. The van der Waals surface area contributed by atoms with E-state index in [0.29, 0.717) is 0 Å². The molecule has 0 aliphatic heterocycles. The highest BCUT2D eigenvalue weighted by Gasteiger charge is 2.40. The molecule has 234 valence electrons. The van der Waals surface area contributed by atoms with Gasteiger partial charge in [0.05, 0.1) is 5.56 Å². The van der Waals surface area contributed by atoms with Crippen LogP contribution < -0.4 is 10.6 Å². The summed E-state index contributed by atoms with van der Waals surface area (Å²) in [5.41, 5.74) is -6.44. The molecule has 0 aromatic carbocycles. The highest BCUT2D eigenvalue weighted by Crippen LogP contribution is 2.25. The normalized spacial score (nSPS) is 12.6. The van der Waals surface area contributed by atoms with Crippen LogP contribution in [0.3, 0.4) is 0 Å². The minimum atomic E-state index is -1.98. The van der Waals surface area contributed by atoms with Crippen LogP contribution in [0.25, 0.3) is 0 Å². The summed E-state index contributed by atoms with van der Waals surface area (Å²) in [5.74, 6) is -1.90. The first-order valence-corrected chi connectivity index (χ1v) is 12.6. The number of hydrogen-bond donors (Lipinski definition) is 2. The third-order valence-corrected chi connectivity index (χ3v) is 3.96. The van der Waals surface area contributed by atoms with Gasteiger partial charge in [-0.05, 0) is 83.1 Å². The van der Waals surface area contributed by atoms with E-state index in [9.17, 15) is 33.9 Å². The average molecular weight is 598 g/mol. The number of aliphatic imine (C=N–C) groups is 1. The minimum Gasteiger partial charge on any atom is -0.464 e. The van der Waals surface area contributed by atoms with Gasteiger partial charge >= 0.3 is 36.2 Å². The second-order valence-electron chi connectivity index (χ2n) is 12.8. The van der Waals surface area contributed by atoms with E-state index < -0.39 is 75.8 Å². The van der Waals surface area contributed by atoms with Gasteiger partial charge in [0.1, 0.15) is 22.4 Å². The zero-order valence-electron chi connectivity index (χ0n) is 25.9. The van der Waals surface area contributed by atoms with E-state index in [1.54, 1.807) is 0 Å². The highest BCUT2D eigenvalue weighted by atomic mass is 16.6. The lowest BCUT2D eigenvalue weighted by Gasteiger charge is -2.29. The molecule has 0 aliphatic carbocycles. The highest BCUT2D eigenvalue weighted by molar-refractivity contribution is 6.21. The van der Waals surface area contributed by atoms with Crippen LogP contribution in [0.4, 0.5) is 29.8 Å². The number of rotatable bonds is 2. The van der Waals surface area contributed by atoms with E-state index in [-0.39, 0.29) is 9.80 Å². The summed E-state index contributed by atoms with van der Waals surface area (Å²) in [6.45, 7) is 17.8. The zero-order chi connectivity index (χ0) is 33.0. The number of amides is 5. The Labute approximate surface area is 243 Å². The summed E-state index contributed by atoms with van der Waals surface area (Å²) in [7, 11) is 0.